The third-order valence-corrected chi connectivity index (χ3v) is 4.32. The normalized spacial score (nSPS) is 18.6. The van der Waals surface area contributed by atoms with Crippen molar-refractivity contribution in [2.75, 3.05) is 18.8 Å². The average molecular weight is 293 g/mol. The molecule has 22 heavy (non-hydrogen) atoms. The smallest absolute Gasteiger partial charge is 0.165 e. The van der Waals surface area contributed by atoms with Gasteiger partial charge in [0.05, 0.1) is 11.9 Å². The molecule has 112 valence electrons. The van der Waals surface area contributed by atoms with Gasteiger partial charge in [0.2, 0.25) is 0 Å². The molecule has 3 N–H and O–H groups in total. The van der Waals surface area contributed by atoms with Crippen LogP contribution in [0.1, 0.15) is 24.5 Å². The number of anilines is 1. The highest BCUT2D eigenvalue weighted by Crippen LogP contribution is 2.28. The molecule has 0 aliphatic carbocycles. The van der Waals surface area contributed by atoms with Crippen LogP contribution in [-0.2, 0) is 0 Å². The number of aromatic nitrogens is 3. The van der Waals surface area contributed by atoms with Gasteiger partial charge in [-0.05, 0) is 24.9 Å². The predicted molar refractivity (Wildman–Crippen MR) is 87.7 cm³/mol. The lowest BCUT2D eigenvalue weighted by Crippen LogP contribution is -2.29. The molecule has 3 heterocycles. The van der Waals surface area contributed by atoms with E-state index >= 15 is 0 Å². The highest BCUT2D eigenvalue weighted by Gasteiger charge is 2.19. The molecule has 1 aliphatic heterocycles. The molecule has 4 rings (SSSR count). The van der Waals surface area contributed by atoms with E-state index in [2.05, 4.69) is 22.5 Å². The number of piperidine rings is 1. The zero-order valence-corrected chi connectivity index (χ0v) is 12.4. The summed E-state index contributed by atoms with van der Waals surface area (Å²) in [6.45, 7) is 2.06. The molecule has 5 nitrogen and oxygen atoms in total. The lowest BCUT2D eigenvalue weighted by atomic mass is 9.96. The van der Waals surface area contributed by atoms with Gasteiger partial charge in [0.1, 0.15) is 5.82 Å². The summed E-state index contributed by atoms with van der Waals surface area (Å²) in [7, 11) is 0. The van der Waals surface area contributed by atoms with Crippen LogP contribution in [0.25, 0.3) is 16.8 Å². The van der Waals surface area contributed by atoms with Crippen LogP contribution in [0.15, 0.2) is 42.6 Å². The summed E-state index contributed by atoms with van der Waals surface area (Å²) in [6, 6.07) is 12.2. The van der Waals surface area contributed by atoms with Gasteiger partial charge in [0.25, 0.3) is 0 Å². The Kier molecular flexibility index (Phi) is 3.27. The number of hydrogen-bond acceptors (Lipinski definition) is 4. The molecule has 1 fully saturated rings. The molecule has 1 atom stereocenters. The first-order valence-electron chi connectivity index (χ1n) is 7.73. The van der Waals surface area contributed by atoms with Gasteiger partial charge in [-0.25, -0.2) is 4.98 Å². The minimum absolute atomic E-state index is 0.430. The fourth-order valence-corrected chi connectivity index (χ4v) is 3.14. The maximum absolute atomic E-state index is 6.20. The molecule has 0 radical (unpaired) electrons. The molecule has 1 saturated heterocycles. The van der Waals surface area contributed by atoms with Gasteiger partial charge in [0.15, 0.2) is 5.65 Å². The second-order valence-corrected chi connectivity index (χ2v) is 5.81. The van der Waals surface area contributed by atoms with Gasteiger partial charge in [0, 0.05) is 24.1 Å². The topological polar surface area (TPSA) is 68.2 Å². The van der Waals surface area contributed by atoms with Crippen LogP contribution in [0.2, 0.25) is 0 Å². The molecule has 5 heteroatoms. The van der Waals surface area contributed by atoms with Gasteiger partial charge in [-0.3, -0.25) is 0 Å². The fourth-order valence-electron chi connectivity index (χ4n) is 3.14. The van der Waals surface area contributed by atoms with Crippen molar-refractivity contribution in [2.24, 2.45) is 0 Å². The van der Waals surface area contributed by atoms with Gasteiger partial charge in [-0.15, -0.1) is 0 Å². The van der Waals surface area contributed by atoms with Crippen LogP contribution in [0.3, 0.4) is 0 Å². The summed E-state index contributed by atoms with van der Waals surface area (Å²) in [5.41, 5.74) is 10.2. The van der Waals surface area contributed by atoms with Crippen LogP contribution in [0.5, 0.6) is 0 Å². The van der Waals surface area contributed by atoms with E-state index in [0.717, 1.165) is 42.0 Å². The Bertz CT molecular complexity index is 787. The molecule has 2 aromatic heterocycles. The van der Waals surface area contributed by atoms with Crippen molar-refractivity contribution >= 4 is 11.5 Å². The van der Waals surface area contributed by atoms with Crippen molar-refractivity contribution in [2.45, 2.75) is 18.8 Å². The zero-order valence-electron chi connectivity index (χ0n) is 12.4. The van der Waals surface area contributed by atoms with Gasteiger partial charge in [-0.1, -0.05) is 30.3 Å². The minimum Gasteiger partial charge on any atom is -0.384 e. The lowest BCUT2D eigenvalue weighted by molar-refractivity contribution is 0.455. The summed E-state index contributed by atoms with van der Waals surface area (Å²) in [5, 5.41) is 7.83. The minimum atomic E-state index is 0.430. The Labute approximate surface area is 129 Å². The van der Waals surface area contributed by atoms with E-state index < -0.39 is 0 Å². The van der Waals surface area contributed by atoms with Crippen LogP contribution < -0.4 is 11.1 Å². The Hall–Kier alpha value is -2.40. The molecular formula is C17H19N5. The Balaban J connectivity index is 1.84. The summed E-state index contributed by atoms with van der Waals surface area (Å²) >= 11 is 0. The second kappa shape index (κ2) is 5.42. The lowest BCUT2D eigenvalue weighted by Gasteiger charge is -2.22. The van der Waals surface area contributed by atoms with Crippen LogP contribution in [0, 0.1) is 0 Å². The van der Waals surface area contributed by atoms with E-state index in [0.29, 0.717) is 11.7 Å². The summed E-state index contributed by atoms with van der Waals surface area (Å²) in [5.74, 6) is 1.08. The number of hydrogen-bond donors (Lipinski definition) is 2. The molecule has 0 spiro atoms. The number of nitrogens with zero attached hydrogens (tertiary/aromatic N) is 3. The van der Waals surface area contributed by atoms with Crippen molar-refractivity contribution < 1.29 is 0 Å². The molecule has 0 saturated carbocycles. The number of nitrogens with two attached hydrogens (primary N) is 1. The van der Waals surface area contributed by atoms with Crippen molar-refractivity contribution in [3.8, 4) is 11.1 Å². The Morgan fingerprint density at radius 2 is 2.09 bits per heavy atom. The average Bonchev–Trinajstić information content (AvgIpc) is 3.01. The quantitative estimate of drug-likeness (QED) is 0.761. The molecule has 1 unspecified atom stereocenters. The molecular weight excluding hydrogens is 274 g/mol. The third kappa shape index (κ3) is 2.23. The van der Waals surface area contributed by atoms with Crippen LogP contribution >= 0.6 is 0 Å². The number of rotatable bonds is 2. The summed E-state index contributed by atoms with van der Waals surface area (Å²) in [6.07, 6.45) is 4.18. The van der Waals surface area contributed by atoms with Gasteiger partial charge in [-0.2, -0.15) is 9.61 Å². The second-order valence-electron chi connectivity index (χ2n) is 5.81. The fraction of sp³-hybridized carbons (Fsp3) is 0.294. The Morgan fingerprint density at radius 1 is 1.23 bits per heavy atom. The van der Waals surface area contributed by atoms with E-state index in [4.69, 9.17) is 10.7 Å². The maximum atomic E-state index is 6.20. The molecule has 1 aromatic carbocycles. The SMILES string of the molecule is Nc1cc(C2CCCNC2)nc2c(-c3ccccc3)cnn12. The number of fused-ring (bicyclic) bond motifs is 1. The number of benzene rings is 1. The van der Waals surface area contributed by atoms with Crippen LogP contribution in [0.4, 0.5) is 5.82 Å². The molecule has 0 bridgehead atoms. The standard InChI is InChI=1S/C17H19N5/c18-16-9-15(13-7-4-8-19-10-13)21-17-14(11-20-22(16)17)12-5-2-1-3-6-12/h1-3,5-6,9,11,13,19H,4,7-8,10,18H2. The van der Waals surface area contributed by atoms with Crippen molar-refractivity contribution in [3.63, 3.8) is 0 Å². The van der Waals surface area contributed by atoms with Crippen molar-refractivity contribution in [3.05, 3.63) is 48.3 Å². The highest BCUT2D eigenvalue weighted by molar-refractivity contribution is 5.78. The summed E-state index contributed by atoms with van der Waals surface area (Å²) in [4.78, 5) is 4.88. The predicted octanol–water partition coefficient (Wildman–Crippen LogP) is 2.45. The number of nitrogen functional groups attached to an aromatic ring is 1. The number of nitrogens with one attached hydrogen (secondary N) is 1. The molecule has 1 aliphatic rings. The van der Waals surface area contributed by atoms with E-state index in [9.17, 15) is 0 Å². The van der Waals surface area contributed by atoms with Gasteiger partial charge >= 0.3 is 0 Å². The van der Waals surface area contributed by atoms with E-state index in [-0.39, 0.29) is 0 Å². The first kappa shape index (κ1) is 13.3. The monoisotopic (exact) mass is 293 g/mol. The Morgan fingerprint density at radius 3 is 2.86 bits per heavy atom. The largest absolute Gasteiger partial charge is 0.384 e. The van der Waals surface area contributed by atoms with Crippen molar-refractivity contribution in [1.82, 2.24) is 19.9 Å². The zero-order chi connectivity index (χ0) is 14.9. The van der Waals surface area contributed by atoms with Crippen LogP contribution in [-0.4, -0.2) is 27.7 Å². The molecule has 0 amide bonds. The molecule has 3 aromatic rings. The summed E-state index contributed by atoms with van der Waals surface area (Å²) < 4.78 is 1.72. The van der Waals surface area contributed by atoms with E-state index in [1.54, 1.807) is 4.52 Å². The first-order valence-corrected chi connectivity index (χ1v) is 7.73. The third-order valence-electron chi connectivity index (χ3n) is 4.32. The van der Waals surface area contributed by atoms with E-state index in [1.165, 1.54) is 6.42 Å². The first-order chi connectivity index (χ1) is 10.8. The van der Waals surface area contributed by atoms with Crippen molar-refractivity contribution in [1.29, 1.82) is 0 Å². The van der Waals surface area contributed by atoms with E-state index in [1.807, 2.05) is 30.5 Å². The van der Waals surface area contributed by atoms with Gasteiger partial charge < -0.3 is 11.1 Å². The maximum Gasteiger partial charge on any atom is 0.165 e. The highest BCUT2D eigenvalue weighted by atomic mass is 15.3.